The summed E-state index contributed by atoms with van der Waals surface area (Å²) in [7, 11) is -1.40. The number of benzene rings is 1. The Labute approximate surface area is 212 Å². The number of rotatable bonds is 7. The van der Waals surface area contributed by atoms with Gasteiger partial charge in [0.15, 0.2) is 5.67 Å². The van der Waals surface area contributed by atoms with Gasteiger partial charge >= 0.3 is 0 Å². The zero-order chi connectivity index (χ0) is 25.5. The summed E-state index contributed by atoms with van der Waals surface area (Å²) in [5, 5.41) is 0. The minimum Gasteiger partial charge on any atom is -0.378 e. The lowest BCUT2D eigenvalue weighted by molar-refractivity contribution is -0.153. The fraction of sp³-hybridized carbons (Fsp3) is 0.692. The Kier molecular flexibility index (Phi) is 7.13. The van der Waals surface area contributed by atoms with Crippen molar-refractivity contribution in [2.75, 3.05) is 26.0 Å². The molecule has 0 radical (unpaired) electrons. The molecular formula is C26H37FN4O4S. The van der Waals surface area contributed by atoms with E-state index in [0.29, 0.717) is 32.0 Å². The maximum atomic E-state index is 14.8. The van der Waals surface area contributed by atoms with Crippen molar-refractivity contribution in [2.24, 2.45) is 13.0 Å². The summed E-state index contributed by atoms with van der Waals surface area (Å²) < 4.78 is 49.7. The van der Waals surface area contributed by atoms with Crippen molar-refractivity contribution < 1.29 is 22.3 Å². The van der Waals surface area contributed by atoms with Crippen LogP contribution in [0.2, 0.25) is 0 Å². The Balaban J connectivity index is 1.17. The van der Waals surface area contributed by atoms with Gasteiger partial charge in [-0.05, 0) is 75.0 Å². The van der Waals surface area contributed by atoms with Crippen LogP contribution < -0.4 is 4.72 Å². The molecule has 0 unspecified atom stereocenters. The van der Waals surface area contributed by atoms with Crippen LogP contribution in [-0.4, -0.2) is 72.5 Å². The lowest BCUT2D eigenvalue weighted by Gasteiger charge is -2.43. The van der Waals surface area contributed by atoms with E-state index in [1.807, 2.05) is 17.9 Å². The monoisotopic (exact) mass is 520 g/mol. The Bertz CT molecular complexity index is 1200. The fourth-order valence-corrected chi connectivity index (χ4v) is 6.89. The molecule has 1 aromatic carbocycles. The van der Waals surface area contributed by atoms with Crippen LogP contribution >= 0.6 is 0 Å². The van der Waals surface area contributed by atoms with Gasteiger partial charge in [0.2, 0.25) is 10.0 Å². The third-order valence-corrected chi connectivity index (χ3v) is 9.09. The van der Waals surface area contributed by atoms with E-state index in [-0.39, 0.29) is 30.9 Å². The summed E-state index contributed by atoms with van der Waals surface area (Å²) in [6.45, 7) is 1.03. The molecule has 1 aliphatic heterocycles. The molecule has 3 aliphatic rings. The van der Waals surface area contributed by atoms with E-state index < -0.39 is 21.6 Å². The van der Waals surface area contributed by atoms with Gasteiger partial charge in [0, 0.05) is 32.1 Å². The Morgan fingerprint density at radius 2 is 1.97 bits per heavy atom. The van der Waals surface area contributed by atoms with E-state index in [1.54, 1.807) is 4.90 Å². The number of sulfonamides is 1. The van der Waals surface area contributed by atoms with E-state index in [4.69, 9.17) is 4.74 Å². The maximum Gasteiger partial charge on any atom is 0.260 e. The largest absolute Gasteiger partial charge is 0.378 e. The third-order valence-electron chi connectivity index (χ3n) is 8.36. The molecule has 1 saturated heterocycles. The van der Waals surface area contributed by atoms with Gasteiger partial charge in [-0.15, -0.1) is 0 Å². The smallest absolute Gasteiger partial charge is 0.260 e. The lowest BCUT2D eigenvalue weighted by atomic mass is 9.80. The molecule has 1 amide bonds. The number of ether oxygens (including phenoxy) is 1. The molecule has 8 nitrogen and oxygen atoms in total. The van der Waals surface area contributed by atoms with Crippen LogP contribution in [0.15, 0.2) is 24.5 Å². The van der Waals surface area contributed by atoms with Crippen LogP contribution in [0.1, 0.15) is 62.8 Å². The lowest BCUT2D eigenvalue weighted by Crippen LogP contribution is -2.58. The SMILES string of the molecule is Cn1cnc2cc(C3CCC(OC[C@@H]4CN(C(=O)C5(F)CCC5)CC[C@@H]4NS(C)(=O)=O)CC3)ccc21. The minimum atomic E-state index is -3.40. The molecule has 3 fully saturated rings. The number of nitrogens with zero attached hydrogens (tertiary/aromatic N) is 3. The van der Waals surface area contributed by atoms with E-state index in [9.17, 15) is 17.6 Å². The molecule has 0 bridgehead atoms. The van der Waals surface area contributed by atoms with Gasteiger partial charge in [-0.2, -0.15) is 0 Å². The number of aryl methyl sites for hydroxylation is 1. The van der Waals surface area contributed by atoms with Gasteiger partial charge in [0.1, 0.15) is 0 Å². The van der Waals surface area contributed by atoms with Crippen LogP contribution in [0, 0.1) is 5.92 Å². The molecule has 10 heteroatoms. The average Bonchev–Trinajstić information content (AvgIpc) is 3.21. The van der Waals surface area contributed by atoms with Gasteiger partial charge < -0.3 is 14.2 Å². The highest BCUT2D eigenvalue weighted by molar-refractivity contribution is 7.88. The van der Waals surface area contributed by atoms with Crippen molar-refractivity contribution in [3.05, 3.63) is 30.1 Å². The molecule has 2 aliphatic carbocycles. The molecule has 0 spiro atoms. The van der Waals surface area contributed by atoms with Crippen LogP contribution in [-0.2, 0) is 26.6 Å². The number of likely N-dealkylation sites (tertiary alicyclic amines) is 1. The number of hydrogen-bond acceptors (Lipinski definition) is 5. The Hall–Kier alpha value is -2.04. The predicted octanol–water partition coefficient (Wildman–Crippen LogP) is 3.27. The third kappa shape index (κ3) is 5.45. The molecule has 198 valence electrons. The summed E-state index contributed by atoms with van der Waals surface area (Å²) in [5.41, 5.74) is 1.73. The van der Waals surface area contributed by atoms with Gasteiger partial charge in [0.25, 0.3) is 5.91 Å². The van der Waals surface area contributed by atoms with E-state index >= 15 is 0 Å². The number of alkyl halides is 1. The quantitative estimate of drug-likeness (QED) is 0.605. The number of hydrogen-bond donors (Lipinski definition) is 1. The molecule has 1 aromatic heterocycles. The van der Waals surface area contributed by atoms with Crippen LogP contribution in [0.5, 0.6) is 0 Å². The molecule has 2 heterocycles. The summed E-state index contributed by atoms with van der Waals surface area (Å²) >= 11 is 0. The van der Waals surface area contributed by atoms with Gasteiger partial charge in [-0.3, -0.25) is 4.79 Å². The molecule has 36 heavy (non-hydrogen) atoms. The number of halogens is 1. The number of carbonyl (C=O) groups excluding carboxylic acids is 1. The fourth-order valence-electron chi connectivity index (χ4n) is 6.03. The topological polar surface area (TPSA) is 93.5 Å². The molecule has 5 rings (SSSR count). The van der Waals surface area contributed by atoms with Crippen molar-refractivity contribution in [3.8, 4) is 0 Å². The second-order valence-corrected chi connectivity index (χ2v) is 12.8. The van der Waals surface area contributed by atoms with Crippen molar-refractivity contribution in [2.45, 2.75) is 75.1 Å². The highest BCUT2D eigenvalue weighted by atomic mass is 32.2. The predicted molar refractivity (Wildman–Crippen MR) is 136 cm³/mol. The molecule has 1 N–H and O–H groups in total. The Morgan fingerprint density at radius 1 is 1.22 bits per heavy atom. The number of fused-ring (bicyclic) bond motifs is 1. The van der Waals surface area contributed by atoms with Gasteiger partial charge in [0.05, 0.1) is 36.3 Å². The first-order chi connectivity index (χ1) is 17.1. The summed E-state index contributed by atoms with van der Waals surface area (Å²) in [6, 6.07) is 6.21. The number of piperidine rings is 1. The zero-order valence-electron chi connectivity index (χ0n) is 21.2. The van der Waals surface area contributed by atoms with Gasteiger partial charge in [-0.25, -0.2) is 22.5 Å². The molecule has 2 aromatic rings. The molecule has 2 atom stereocenters. The number of carbonyl (C=O) groups is 1. The number of amides is 1. The first kappa shape index (κ1) is 25.6. The summed E-state index contributed by atoms with van der Waals surface area (Å²) in [5.74, 6) is -0.172. The maximum absolute atomic E-state index is 14.8. The van der Waals surface area contributed by atoms with Crippen LogP contribution in [0.25, 0.3) is 11.0 Å². The van der Waals surface area contributed by atoms with Crippen molar-refractivity contribution in [3.63, 3.8) is 0 Å². The van der Waals surface area contributed by atoms with Crippen molar-refractivity contribution >= 4 is 27.0 Å². The number of imidazole rings is 1. The number of aromatic nitrogens is 2. The summed E-state index contributed by atoms with van der Waals surface area (Å²) in [4.78, 5) is 18.8. The average molecular weight is 521 g/mol. The standard InChI is InChI=1S/C26H37FN4O4S/c1-30-17-28-23-14-19(6-9-24(23)30)18-4-7-21(8-5-18)35-16-20-15-31(25(32)26(27)11-3-12-26)13-10-22(20)29-36(2,33)34/h6,9,14,17-18,20-22,29H,3-5,7-8,10-13,15-16H2,1-2H3/t18?,20-,21?,22-/m0/s1. The summed E-state index contributed by atoms with van der Waals surface area (Å²) in [6.07, 6.45) is 8.75. The first-order valence-electron chi connectivity index (χ1n) is 13.1. The second-order valence-electron chi connectivity index (χ2n) is 11.0. The highest BCUT2D eigenvalue weighted by Gasteiger charge is 2.48. The van der Waals surface area contributed by atoms with Crippen LogP contribution in [0.4, 0.5) is 4.39 Å². The molecular weight excluding hydrogens is 483 g/mol. The van der Waals surface area contributed by atoms with E-state index in [1.165, 1.54) is 5.56 Å². The van der Waals surface area contributed by atoms with Crippen molar-refractivity contribution in [1.82, 2.24) is 19.2 Å². The first-order valence-corrected chi connectivity index (χ1v) is 15.0. The van der Waals surface area contributed by atoms with E-state index in [0.717, 1.165) is 49.4 Å². The van der Waals surface area contributed by atoms with Gasteiger partial charge in [-0.1, -0.05) is 6.07 Å². The van der Waals surface area contributed by atoms with Crippen molar-refractivity contribution in [1.29, 1.82) is 0 Å². The normalized spacial score (nSPS) is 28.7. The minimum absolute atomic E-state index is 0.101. The Morgan fingerprint density at radius 3 is 2.64 bits per heavy atom. The highest BCUT2D eigenvalue weighted by Crippen LogP contribution is 2.39. The number of nitrogens with one attached hydrogen (secondary N) is 1. The van der Waals surface area contributed by atoms with E-state index in [2.05, 4.69) is 27.9 Å². The molecule has 2 saturated carbocycles. The zero-order valence-corrected chi connectivity index (χ0v) is 22.0. The second kappa shape index (κ2) is 10.0. The van der Waals surface area contributed by atoms with Crippen LogP contribution in [0.3, 0.4) is 0 Å².